The highest BCUT2D eigenvalue weighted by atomic mass is 32.1. The van der Waals surface area contributed by atoms with E-state index < -0.39 is 0 Å². The molecule has 0 saturated heterocycles. The molecular weight excluding hydrogens is 444 g/mol. The van der Waals surface area contributed by atoms with Gasteiger partial charge >= 0.3 is 0 Å². The second-order valence-electron chi connectivity index (χ2n) is 6.99. The van der Waals surface area contributed by atoms with E-state index in [9.17, 15) is 0 Å². The quantitative estimate of drug-likeness (QED) is 0.307. The van der Waals surface area contributed by atoms with Crippen LogP contribution in [0.1, 0.15) is 5.69 Å². The molecule has 0 radical (unpaired) electrons. The first-order valence-electron chi connectivity index (χ1n) is 9.82. The summed E-state index contributed by atoms with van der Waals surface area (Å²) in [6.07, 6.45) is 1.75. The minimum atomic E-state index is 0.378. The normalized spacial score (nSPS) is 11.4. The Hall–Kier alpha value is -3.69. The van der Waals surface area contributed by atoms with Crippen molar-refractivity contribution in [3.8, 4) is 33.0 Å². The average molecular weight is 461 g/mol. The number of rotatable bonds is 6. The number of aromatic nitrogens is 4. The van der Waals surface area contributed by atoms with Gasteiger partial charge in [-0.25, -0.2) is 9.97 Å². The Kier molecular flexibility index (Phi) is 4.62. The average Bonchev–Trinajstić information content (AvgIpc) is 3.60. The highest BCUT2D eigenvalue weighted by Gasteiger charge is 2.17. The second kappa shape index (κ2) is 7.77. The fourth-order valence-electron chi connectivity index (χ4n) is 3.45. The van der Waals surface area contributed by atoms with E-state index in [1.165, 1.54) is 11.3 Å². The first-order chi connectivity index (χ1) is 15.8. The standard InChI is InChI=1S/C23H16N4O3S2/c1-28-23-26-27-17(11-24-22(27)32-23)20-10-16-18(8-5-9-19(16)30-20)29-12-15-13-31-21(25-15)14-6-3-2-4-7-14/h2-11,13H,12H2,1H3. The van der Waals surface area contributed by atoms with Gasteiger partial charge in [0.2, 0.25) is 4.96 Å². The molecule has 0 amide bonds. The molecular formula is C23H16N4O3S2. The smallest absolute Gasteiger partial charge is 0.294 e. The minimum Gasteiger partial charge on any atom is -0.486 e. The van der Waals surface area contributed by atoms with Gasteiger partial charge in [0.25, 0.3) is 5.19 Å². The van der Waals surface area contributed by atoms with Crippen molar-refractivity contribution >= 4 is 38.6 Å². The molecule has 6 aromatic rings. The van der Waals surface area contributed by atoms with Crippen LogP contribution in [0.5, 0.6) is 10.9 Å². The van der Waals surface area contributed by atoms with E-state index in [0.717, 1.165) is 43.6 Å². The lowest BCUT2D eigenvalue weighted by Crippen LogP contribution is -1.96. The molecule has 4 heterocycles. The lowest BCUT2D eigenvalue weighted by atomic mass is 10.2. The van der Waals surface area contributed by atoms with Crippen LogP contribution in [-0.4, -0.2) is 26.7 Å². The molecule has 0 aliphatic heterocycles. The number of thiazole rings is 1. The maximum atomic E-state index is 6.12. The third-order valence-corrected chi connectivity index (χ3v) is 6.79. The van der Waals surface area contributed by atoms with Gasteiger partial charge < -0.3 is 13.9 Å². The van der Waals surface area contributed by atoms with Crippen molar-refractivity contribution in [3.05, 3.63) is 71.9 Å². The molecule has 4 aromatic heterocycles. The maximum Gasteiger partial charge on any atom is 0.294 e. The molecule has 0 unspecified atom stereocenters. The van der Waals surface area contributed by atoms with Crippen LogP contribution in [-0.2, 0) is 6.61 Å². The van der Waals surface area contributed by atoms with Crippen molar-refractivity contribution in [3.63, 3.8) is 0 Å². The number of ether oxygens (including phenoxy) is 2. The first-order valence-corrected chi connectivity index (χ1v) is 11.5. The molecule has 9 heteroatoms. The lowest BCUT2D eigenvalue weighted by Gasteiger charge is -2.04. The SMILES string of the molecule is COc1nn2c(-c3cc4c(OCc5csc(-c6ccccc6)n5)cccc4o3)cnc2s1. The van der Waals surface area contributed by atoms with Crippen molar-refractivity contribution in [1.82, 2.24) is 19.6 Å². The molecule has 0 saturated carbocycles. The third-order valence-electron chi connectivity index (χ3n) is 4.96. The van der Waals surface area contributed by atoms with Crippen molar-refractivity contribution in [1.29, 1.82) is 0 Å². The maximum absolute atomic E-state index is 6.12. The monoisotopic (exact) mass is 460 g/mol. The number of imidazole rings is 1. The zero-order valence-corrected chi connectivity index (χ0v) is 18.5. The van der Waals surface area contributed by atoms with Gasteiger partial charge in [-0.2, -0.15) is 4.52 Å². The van der Waals surface area contributed by atoms with Crippen LogP contribution >= 0.6 is 22.7 Å². The van der Waals surface area contributed by atoms with Gasteiger partial charge in [0, 0.05) is 10.9 Å². The number of benzene rings is 2. The lowest BCUT2D eigenvalue weighted by molar-refractivity contribution is 0.306. The molecule has 6 rings (SSSR count). The molecule has 2 aromatic carbocycles. The second-order valence-corrected chi connectivity index (χ2v) is 8.76. The molecule has 0 spiro atoms. The van der Waals surface area contributed by atoms with Gasteiger partial charge in [-0.05, 0) is 29.5 Å². The number of methoxy groups -OCH3 is 1. The van der Waals surface area contributed by atoms with Gasteiger partial charge in [0.05, 0.1) is 24.4 Å². The van der Waals surface area contributed by atoms with Gasteiger partial charge in [0.1, 0.15) is 28.6 Å². The first kappa shape index (κ1) is 19.0. The third kappa shape index (κ3) is 3.31. The van der Waals surface area contributed by atoms with Crippen LogP contribution in [0.4, 0.5) is 0 Å². The Labute approximate surface area is 190 Å². The molecule has 32 heavy (non-hydrogen) atoms. The van der Waals surface area contributed by atoms with E-state index in [1.807, 2.05) is 47.8 Å². The Balaban J connectivity index is 1.28. The van der Waals surface area contributed by atoms with Gasteiger partial charge in [-0.1, -0.05) is 36.4 Å². The number of fused-ring (bicyclic) bond motifs is 2. The summed E-state index contributed by atoms with van der Waals surface area (Å²) in [7, 11) is 1.59. The Morgan fingerprint density at radius 1 is 1.09 bits per heavy atom. The van der Waals surface area contributed by atoms with E-state index in [4.69, 9.17) is 18.9 Å². The highest BCUT2D eigenvalue weighted by molar-refractivity contribution is 7.18. The molecule has 7 nitrogen and oxygen atoms in total. The Bertz CT molecular complexity index is 1530. The molecule has 158 valence electrons. The minimum absolute atomic E-state index is 0.378. The number of nitrogens with zero attached hydrogens (tertiary/aromatic N) is 4. The van der Waals surface area contributed by atoms with Crippen molar-refractivity contribution in [2.45, 2.75) is 6.61 Å². The summed E-state index contributed by atoms with van der Waals surface area (Å²) in [6.45, 7) is 0.378. The van der Waals surface area contributed by atoms with E-state index in [0.29, 0.717) is 17.6 Å². The van der Waals surface area contributed by atoms with Crippen molar-refractivity contribution < 1.29 is 13.9 Å². The summed E-state index contributed by atoms with van der Waals surface area (Å²) < 4.78 is 19.2. The van der Waals surface area contributed by atoms with Crippen LogP contribution in [0.2, 0.25) is 0 Å². The summed E-state index contributed by atoms with van der Waals surface area (Å²) in [4.78, 5) is 9.85. The van der Waals surface area contributed by atoms with Crippen LogP contribution in [0, 0.1) is 0 Å². The largest absolute Gasteiger partial charge is 0.486 e. The van der Waals surface area contributed by atoms with Crippen molar-refractivity contribution in [2.24, 2.45) is 0 Å². The van der Waals surface area contributed by atoms with Crippen LogP contribution in [0.15, 0.2) is 70.6 Å². The fraction of sp³-hybridized carbons (Fsp3) is 0.0870. The number of hydrogen-bond acceptors (Lipinski definition) is 8. The molecule has 0 fully saturated rings. The van der Waals surface area contributed by atoms with Crippen LogP contribution < -0.4 is 9.47 Å². The molecule has 0 atom stereocenters. The summed E-state index contributed by atoms with van der Waals surface area (Å²) in [5.74, 6) is 1.40. The van der Waals surface area contributed by atoms with E-state index in [-0.39, 0.29) is 0 Å². The van der Waals surface area contributed by atoms with Crippen LogP contribution in [0.25, 0.3) is 38.0 Å². The fourth-order valence-corrected chi connectivity index (χ4v) is 4.95. The van der Waals surface area contributed by atoms with E-state index in [1.54, 1.807) is 29.2 Å². The Morgan fingerprint density at radius 3 is 2.88 bits per heavy atom. The van der Waals surface area contributed by atoms with Gasteiger partial charge in [-0.3, -0.25) is 0 Å². The predicted octanol–water partition coefficient (Wildman–Crippen LogP) is 5.92. The van der Waals surface area contributed by atoms with E-state index in [2.05, 4.69) is 22.2 Å². The zero-order valence-electron chi connectivity index (χ0n) is 16.9. The summed E-state index contributed by atoms with van der Waals surface area (Å²) in [6, 6.07) is 17.9. The molecule has 0 aliphatic carbocycles. The van der Waals surface area contributed by atoms with Gasteiger partial charge in [0.15, 0.2) is 5.76 Å². The molecule has 0 bridgehead atoms. The zero-order chi connectivity index (χ0) is 21.5. The van der Waals surface area contributed by atoms with E-state index >= 15 is 0 Å². The summed E-state index contributed by atoms with van der Waals surface area (Å²) in [5.41, 5.74) is 3.49. The molecule has 0 N–H and O–H groups in total. The van der Waals surface area contributed by atoms with Crippen LogP contribution in [0.3, 0.4) is 0 Å². The Morgan fingerprint density at radius 2 is 2.00 bits per heavy atom. The topological polar surface area (TPSA) is 74.7 Å². The van der Waals surface area contributed by atoms with Crippen molar-refractivity contribution in [2.75, 3.05) is 7.11 Å². The number of furan rings is 1. The molecule has 0 aliphatic rings. The summed E-state index contributed by atoms with van der Waals surface area (Å²) >= 11 is 2.99. The summed E-state index contributed by atoms with van der Waals surface area (Å²) in [5, 5.41) is 8.86. The highest BCUT2D eigenvalue weighted by Crippen LogP contribution is 2.35. The number of hydrogen-bond donors (Lipinski definition) is 0. The van der Waals surface area contributed by atoms with Gasteiger partial charge in [-0.15, -0.1) is 16.4 Å². The predicted molar refractivity (Wildman–Crippen MR) is 125 cm³/mol.